The minimum atomic E-state index is -4.76. The van der Waals surface area contributed by atoms with E-state index in [1.807, 2.05) is 0 Å². The van der Waals surface area contributed by atoms with Crippen LogP contribution in [0, 0.1) is 0 Å². The number of nitrogens with one attached hydrogen (secondary N) is 2. The quantitative estimate of drug-likeness (QED) is 0.361. The Morgan fingerprint density at radius 1 is 0.921 bits per heavy atom. The number of amides is 1. The van der Waals surface area contributed by atoms with E-state index in [0.29, 0.717) is 6.07 Å². The number of alkyl halides is 3. The van der Waals surface area contributed by atoms with Crippen LogP contribution in [0.1, 0.15) is 33.2 Å². The van der Waals surface area contributed by atoms with Gasteiger partial charge in [-0.05, 0) is 49.4 Å². The van der Waals surface area contributed by atoms with Crippen molar-refractivity contribution in [1.82, 2.24) is 0 Å². The summed E-state index contributed by atoms with van der Waals surface area (Å²) in [5.74, 6) is -1.57. The number of ether oxygens (including phenoxy) is 3. The van der Waals surface area contributed by atoms with E-state index in [0.717, 1.165) is 24.3 Å². The standard InChI is InChI=1S/C25H23F3N2O7S/c1-4-37-24(32)18-10-5-6-11-19(18)29-23(31)15-12-20(22(36-3)21(13-15)35-2)30-38(33,34)17-9-7-8-16(14-17)25(26,27)28/h5-14,30H,4H2,1-3H3,(H,29,31). The number of esters is 1. The largest absolute Gasteiger partial charge is 0.493 e. The van der Waals surface area contributed by atoms with Crippen LogP contribution < -0.4 is 19.5 Å². The first-order valence-corrected chi connectivity index (χ1v) is 12.4. The third-order valence-electron chi connectivity index (χ3n) is 5.13. The minimum absolute atomic E-state index is 0.0411. The first kappa shape index (κ1) is 28.3. The lowest BCUT2D eigenvalue weighted by Crippen LogP contribution is -2.18. The number of hydrogen-bond acceptors (Lipinski definition) is 7. The normalized spacial score (nSPS) is 11.4. The molecule has 0 saturated carbocycles. The van der Waals surface area contributed by atoms with Crippen molar-refractivity contribution >= 4 is 33.3 Å². The average Bonchev–Trinajstić information content (AvgIpc) is 2.88. The van der Waals surface area contributed by atoms with Gasteiger partial charge in [-0.2, -0.15) is 13.2 Å². The molecule has 0 aromatic heterocycles. The van der Waals surface area contributed by atoms with Crippen molar-refractivity contribution in [1.29, 1.82) is 0 Å². The Balaban J connectivity index is 2.01. The van der Waals surface area contributed by atoms with Crippen molar-refractivity contribution < 1.29 is 45.4 Å². The van der Waals surface area contributed by atoms with Crippen molar-refractivity contribution in [2.75, 3.05) is 30.9 Å². The van der Waals surface area contributed by atoms with Crippen LogP contribution >= 0.6 is 0 Å². The van der Waals surface area contributed by atoms with Gasteiger partial charge in [-0.3, -0.25) is 9.52 Å². The first-order chi connectivity index (χ1) is 17.9. The molecule has 38 heavy (non-hydrogen) atoms. The molecule has 0 unspecified atom stereocenters. The molecule has 3 rings (SSSR count). The van der Waals surface area contributed by atoms with E-state index in [1.165, 1.54) is 32.4 Å². The van der Waals surface area contributed by atoms with E-state index >= 15 is 0 Å². The number of carbonyl (C=O) groups excluding carboxylic acids is 2. The van der Waals surface area contributed by atoms with Gasteiger partial charge < -0.3 is 19.5 Å². The summed E-state index contributed by atoms with van der Waals surface area (Å²) in [5.41, 5.74) is -1.31. The Hall–Kier alpha value is -4.26. The van der Waals surface area contributed by atoms with Gasteiger partial charge in [-0.1, -0.05) is 18.2 Å². The highest BCUT2D eigenvalue weighted by atomic mass is 32.2. The SMILES string of the molecule is CCOC(=O)c1ccccc1NC(=O)c1cc(NS(=O)(=O)c2cccc(C(F)(F)F)c2)c(OC)c(OC)c1. The van der Waals surface area contributed by atoms with Gasteiger partial charge >= 0.3 is 12.1 Å². The van der Waals surface area contributed by atoms with Gasteiger partial charge in [0.25, 0.3) is 15.9 Å². The van der Waals surface area contributed by atoms with E-state index in [4.69, 9.17) is 14.2 Å². The molecule has 202 valence electrons. The van der Waals surface area contributed by atoms with Gasteiger partial charge in [-0.25, -0.2) is 13.2 Å². The van der Waals surface area contributed by atoms with Crippen LogP contribution in [0.25, 0.3) is 0 Å². The predicted molar refractivity (Wildman–Crippen MR) is 132 cm³/mol. The molecule has 0 saturated heterocycles. The molecule has 0 aliphatic rings. The van der Waals surface area contributed by atoms with Crippen LogP contribution in [0.4, 0.5) is 24.5 Å². The highest BCUT2D eigenvalue weighted by Gasteiger charge is 2.32. The van der Waals surface area contributed by atoms with E-state index in [2.05, 4.69) is 10.0 Å². The smallest absolute Gasteiger partial charge is 0.416 e. The molecule has 1 amide bonds. The second kappa shape index (κ2) is 11.4. The van der Waals surface area contributed by atoms with Crippen molar-refractivity contribution in [3.05, 3.63) is 77.4 Å². The summed E-state index contributed by atoms with van der Waals surface area (Å²) >= 11 is 0. The van der Waals surface area contributed by atoms with Crippen molar-refractivity contribution in [3.63, 3.8) is 0 Å². The molecule has 9 nitrogen and oxygen atoms in total. The lowest BCUT2D eigenvalue weighted by atomic mass is 10.1. The van der Waals surface area contributed by atoms with Crippen molar-refractivity contribution in [2.45, 2.75) is 18.0 Å². The summed E-state index contributed by atoms with van der Waals surface area (Å²) in [5, 5.41) is 2.56. The predicted octanol–water partition coefficient (Wildman–Crippen LogP) is 4.95. The van der Waals surface area contributed by atoms with Gasteiger partial charge in [0.2, 0.25) is 0 Å². The molecular weight excluding hydrogens is 529 g/mol. The fraction of sp³-hybridized carbons (Fsp3) is 0.200. The van der Waals surface area contributed by atoms with E-state index in [1.54, 1.807) is 19.1 Å². The highest BCUT2D eigenvalue weighted by Crippen LogP contribution is 2.38. The van der Waals surface area contributed by atoms with Crippen LogP contribution in [-0.4, -0.2) is 41.1 Å². The second-order valence-corrected chi connectivity index (χ2v) is 9.29. The molecule has 0 bridgehead atoms. The lowest BCUT2D eigenvalue weighted by molar-refractivity contribution is -0.137. The number of anilines is 2. The van der Waals surface area contributed by atoms with E-state index in [-0.39, 0.29) is 40.6 Å². The number of benzene rings is 3. The Bertz CT molecular complexity index is 1460. The topological polar surface area (TPSA) is 120 Å². The minimum Gasteiger partial charge on any atom is -0.493 e. The summed E-state index contributed by atoms with van der Waals surface area (Å²) in [4.78, 5) is 24.7. The van der Waals surface area contributed by atoms with Crippen LogP contribution in [0.2, 0.25) is 0 Å². The fourth-order valence-corrected chi connectivity index (χ4v) is 4.49. The van der Waals surface area contributed by atoms with Crippen LogP contribution in [0.15, 0.2) is 65.6 Å². The molecule has 0 aliphatic heterocycles. The number of halogens is 3. The molecule has 2 N–H and O–H groups in total. The molecule has 0 spiro atoms. The van der Waals surface area contributed by atoms with Gasteiger partial charge in [0.05, 0.1) is 48.2 Å². The lowest BCUT2D eigenvalue weighted by Gasteiger charge is -2.17. The van der Waals surface area contributed by atoms with Crippen molar-refractivity contribution in [3.8, 4) is 11.5 Å². The summed E-state index contributed by atoms with van der Waals surface area (Å²) in [6.45, 7) is 1.75. The van der Waals surface area contributed by atoms with Gasteiger partial charge in [-0.15, -0.1) is 0 Å². The summed E-state index contributed by atoms with van der Waals surface area (Å²) < 4.78 is 82.9. The number of carbonyl (C=O) groups is 2. The zero-order valence-corrected chi connectivity index (χ0v) is 21.2. The van der Waals surface area contributed by atoms with Crippen LogP contribution in [-0.2, 0) is 20.9 Å². The number of rotatable bonds is 9. The molecule has 0 atom stereocenters. The highest BCUT2D eigenvalue weighted by molar-refractivity contribution is 7.92. The zero-order valence-electron chi connectivity index (χ0n) is 20.4. The number of methoxy groups -OCH3 is 2. The molecular formula is C25H23F3N2O7S. The van der Waals surface area contributed by atoms with Crippen LogP contribution in [0.5, 0.6) is 11.5 Å². The Morgan fingerprint density at radius 2 is 1.63 bits per heavy atom. The summed E-state index contributed by atoms with van der Waals surface area (Å²) in [7, 11) is -2.09. The molecule has 13 heteroatoms. The maximum absolute atomic E-state index is 13.1. The molecule has 0 aliphatic carbocycles. The van der Waals surface area contributed by atoms with Gasteiger partial charge in [0.15, 0.2) is 11.5 Å². The number of sulfonamides is 1. The fourth-order valence-electron chi connectivity index (χ4n) is 3.39. The second-order valence-electron chi connectivity index (χ2n) is 7.61. The molecule has 0 fully saturated rings. The molecule has 3 aromatic carbocycles. The molecule has 0 radical (unpaired) electrons. The van der Waals surface area contributed by atoms with Gasteiger partial charge in [0.1, 0.15) is 0 Å². The third-order valence-corrected chi connectivity index (χ3v) is 6.49. The van der Waals surface area contributed by atoms with E-state index < -0.39 is 38.5 Å². The zero-order chi connectivity index (χ0) is 28.1. The summed E-state index contributed by atoms with van der Waals surface area (Å²) in [6.07, 6.45) is -4.76. The third kappa shape index (κ3) is 6.35. The van der Waals surface area contributed by atoms with Gasteiger partial charge in [0, 0.05) is 5.56 Å². The monoisotopic (exact) mass is 552 g/mol. The number of para-hydroxylation sites is 1. The Morgan fingerprint density at radius 3 is 2.26 bits per heavy atom. The van der Waals surface area contributed by atoms with E-state index in [9.17, 15) is 31.2 Å². The first-order valence-electron chi connectivity index (χ1n) is 10.9. The molecule has 3 aromatic rings. The summed E-state index contributed by atoms with van der Waals surface area (Å²) in [6, 6.07) is 11.7. The maximum Gasteiger partial charge on any atom is 0.416 e. The molecule has 0 heterocycles. The number of hydrogen-bond donors (Lipinski definition) is 2. The maximum atomic E-state index is 13.1. The Labute approximate surface area is 216 Å². The van der Waals surface area contributed by atoms with Crippen LogP contribution in [0.3, 0.4) is 0 Å². The Kier molecular flexibility index (Phi) is 8.51. The average molecular weight is 553 g/mol. The van der Waals surface area contributed by atoms with Crippen molar-refractivity contribution in [2.24, 2.45) is 0 Å².